The molecule has 1 saturated carbocycles. The number of urea groups is 1. The lowest BCUT2D eigenvalue weighted by Crippen LogP contribution is -2.60. The Morgan fingerprint density at radius 1 is 1.13 bits per heavy atom. The molecule has 2 aliphatic rings. The molecular formula is C22H32N4O4. The van der Waals surface area contributed by atoms with Crippen LogP contribution in [0.1, 0.15) is 33.6 Å². The second-order valence-corrected chi connectivity index (χ2v) is 8.46. The van der Waals surface area contributed by atoms with E-state index < -0.39 is 12.1 Å². The van der Waals surface area contributed by atoms with Crippen LogP contribution in [0.4, 0.5) is 10.5 Å². The predicted octanol–water partition coefficient (Wildman–Crippen LogP) is 2.31. The molecule has 2 atom stereocenters. The van der Waals surface area contributed by atoms with Crippen LogP contribution in [0.15, 0.2) is 24.3 Å². The highest BCUT2D eigenvalue weighted by atomic mass is 16.5. The summed E-state index contributed by atoms with van der Waals surface area (Å²) in [5.41, 5.74) is 0.535. The van der Waals surface area contributed by atoms with Gasteiger partial charge in [-0.25, -0.2) is 4.79 Å². The van der Waals surface area contributed by atoms with Crippen LogP contribution in [0.2, 0.25) is 0 Å². The van der Waals surface area contributed by atoms with Gasteiger partial charge in [0.05, 0.1) is 12.8 Å². The lowest BCUT2D eigenvalue weighted by Gasteiger charge is -2.41. The Morgan fingerprint density at radius 3 is 2.43 bits per heavy atom. The van der Waals surface area contributed by atoms with E-state index in [0.29, 0.717) is 31.1 Å². The van der Waals surface area contributed by atoms with E-state index in [1.54, 1.807) is 23.1 Å². The van der Waals surface area contributed by atoms with E-state index in [9.17, 15) is 14.4 Å². The molecule has 1 saturated heterocycles. The van der Waals surface area contributed by atoms with Crippen LogP contribution in [0.5, 0.6) is 5.75 Å². The fourth-order valence-electron chi connectivity index (χ4n) is 3.81. The summed E-state index contributed by atoms with van der Waals surface area (Å²) in [6.45, 7) is 7.30. The van der Waals surface area contributed by atoms with Gasteiger partial charge in [0.1, 0.15) is 11.8 Å². The number of methoxy groups -OCH3 is 1. The summed E-state index contributed by atoms with van der Waals surface area (Å²) >= 11 is 0. The van der Waals surface area contributed by atoms with E-state index in [0.717, 1.165) is 12.8 Å². The van der Waals surface area contributed by atoms with Gasteiger partial charge in [-0.1, -0.05) is 26.0 Å². The van der Waals surface area contributed by atoms with Crippen molar-refractivity contribution in [1.29, 1.82) is 0 Å². The molecule has 1 aliphatic heterocycles. The Morgan fingerprint density at radius 2 is 1.83 bits per heavy atom. The highest BCUT2D eigenvalue weighted by molar-refractivity contribution is 5.95. The van der Waals surface area contributed by atoms with Crippen LogP contribution in [-0.4, -0.2) is 66.5 Å². The fourth-order valence-corrected chi connectivity index (χ4v) is 3.81. The molecule has 8 nitrogen and oxygen atoms in total. The van der Waals surface area contributed by atoms with E-state index in [2.05, 4.69) is 10.6 Å². The Labute approximate surface area is 177 Å². The third kappa shape index (κ3) is 5.04. The SMILES string of the molecule is COc1ccccc1NC(=O)NC(C(=O)N1CCN(C(=O)C2CC2)C(C)C1)C(C)C. The van der Waals surface area contributed by atoms with Crippen LogP contribution in [0.3, 0.4) is 0 Å². The van der Waals surface area contributed by atoms with Crippen molar-refractivity contribution in [2.24, 2.45) is 11.8 Å². The van der Waals surface area contributed by atoms with Gasteiger partial charge in [0, 0.05) is 31.6 Å². The molecular weight excluding hydrogens is 384 g/mol. The van der Waals surface area contributed by atoms with Crippen molar-refractivity contribution < 1.29 is 19.1 Å². The van der Waals surface area contributed by atoms with Crippen molar-refractivity contribution in [3.63, 3.8) is 0 Å². The Kier molecular flexibility index (Phi) is 6.84. The number of benzene rings is 1. The number of amides is 4. The molecule has 1 aliphatic carbocycles. The van der Waals surface area contributed by atoms with E-state index in [1.807, 2.05) is 31.7 Å². The monoisotopic (exact) mass is 416 g/mol. The number of carbonyl (C=O) groups is 3. The Balaban J connectivity index is 1.60. The van der Waals surface area contributed by atoms with Gasteiger partial charge < -0.3 is 25.2 Å². The van der Waals surface area contributed by atoms with Crippen LogP contribution in [0.25, 0.3) is 0 Å². The molecule has 1 aromatic carbocycles. The number of hydrogen-bond donors (Lipinski definition) is 2. The quantitative estimate of drug-likeness (QED) is 0.745. The third-order valence-electron chi connectivity index (χ3n) is 5.72. The van der Waals surface area contributed by atoms with Gasteiger partial charge in [0.15, 0.2) is 0 Å². The number of rotatable bonds is 6. The molecule has 4 amide bonds. The standard InChI is InChI=1S/C22H32N4O4/c1-14(2)19(24-22(29)23-17-7-5-6-8-18(17)30-4)21(28)25-11-12-26(15(3)13-25)20(27)16-9-10-16/h5-8,14-16,19H,9-13H2,1-4H3,(H2,23,24,29). The van der Waals surface area contributed by atoms with Crippen LogP contribution in [-0.2, 0) is 9.59 Å². The van der Waals surface area contributed by atoms with E-state index >= 15 is 0 Å². The zero-order valence-electron chi connectivity index (χ0n) is 18.2. The number of nitrogens with one attached hydrogen (secondary N) is 2. The third-order valence-corrected chi connectivity index (χ3v) is 5.72. The number of para-hydroxylation sites is 2. The first kappa shape index (κ1) is 21.9. The zero-order valence-corrected chi connectivity index (χ0v) is 18.2. The maximum Gasteiger partial charge on any atom is 0.320 e. The minimum Gasteiger partial charge on any atom is -0.495 e. The average molecular weight is 417 g/mol. The van der Waals surface area contributed by atoms with Crippen molar-refractivity contribution >= 4 is 23.5 Å². The van der Waals surface area contributed by atoms with Crippen molar-refractivity contribution in [3.05, 3.63) is 24.3 Å². The maximum atomic E-state index is 13.2. The molecule has 2 fully saturated rings. The summed E-state index contributed by atoms with van der Waals surface area (Å²) < 4.78 is 5.25. The number of carbonyl (C=O) groups excluding carboxylic acids is 3. The van der Waals surface area contributed by atoms with E-state index in [-0.39, 0.29) is 29.7 Å². The maximum absolute atomic E-state index is 13.2. The summed E-state index contributed by atoms with van der Waals surface area (Å²) in [7, 11) is 1.54. The largest absolute Gasteiger partial charge is 0.495 e. The molecule has 2 N–H and O–H groups in total. The van der Waals surface area contributed by atoms with Gasteiger partial charge in [-0.2, -0.15) is 0 Å². The molecule has 8 heteroatoms. The van der Waals surface area contributed by atoms with Gasteiger partial charge >= 0.3 is 6.03 Å². The molecule has 0 spiro atoms. The number of piperazine rings is 1. The van der Waals surface area contributed by atoms with Crippen molar-refractivity contribution in [2.45, 2.75) is 45.7 Å². The molecule has 30 heavy (non-hydrogen) atoms. The highest BCUT2D eigenvalue weighted by Crippen LogP contribution is 2.32. The van der Waals surface area contributed by atoms with Gasteiger partial charge in [-0.15, -0.1) is 0 Å². The number of anilines is 1. The second-order valence-electron chi connectivity index (χ2n) is 8.46. The van der Waals surface area contributed by atoms with Gasteiger partial charge in [0.25, 0.3) is 0 Å². The van der Waals surface area contributed by atoms with Crippen LogP contribution >= 0.6 is 0 Å². The first-order chi connectivity index (χ1) is 14.3. The molecule has 0 aromatic heterocycles. The Bertz CT molecular complexity index is 793. The van der Waals surface area contributed by atoms with Crippen LogP contribution in [0, 0.1) is 11.8 Å². The highest BCUT2D eigenvalue weighted by Gasteiger charge is 2.39. The summed E-state index contributed by atoms with van der Waals surface area (Å²) in [6.07, 6.45) is 1.96. The lowest BCUT2D eigenvalue weighted by molar-refractivity contribution is -0.144. The van der Waals surface area contributed by atoms with E-state index in [4.69, 9.17) is 4.74 Å². The topological polar surface area (TPSA) is 91.0 Å². The minimum atomic E-state index is -0.655. The first-order valence-electron chi connectivity index (χ1n) is 10.6. The average Bonchev–Trinajstić information content (AvgIpc) is 3.56. The van der Waals surface area contributed by atoms with Crippen molar-refractivity contribution in [2.75, 3.05) is 32.1 Å². The summed E-state index contributed by atoms with van der Waals surface area (Å²) in [6, 6.07) is 5.97. The summed E-state index contributed by atoms with van der Waals surface area (Å²) in [5, 5.41) is 5.57. The van der Waals surface area contributed by atoms with Crippen LogP contribution < -0.4 is 15.4 Å². The second kappa shape index (κ2) is 9.36. The molecule has 2 unspecified atom stereocenters. The van der Waals surface area contributed by atoms with Gasteiger partial charge in [-0.05, 0) is 37.8 Å². The zero-order chi connectivity index (χ0) is 21.8. The molecule has 0 radical (unpaired) electrons. The molecule has 0 bridgehead atoms. The lowest BCUT2D eigenvalue weighted by atomic mass is 10.0. The smallest absolute Gasteiger partial charge is 0.320 e. The van der Waals surface area contributed by atoms with Crippen molar-refractivity contribution in [3.8, 4) is 5.75 Å². The number of nitrogens with zero attached hydrogens (tertiary/aromatic N) is 2. The normalized spacial score (nSPS) is 20.0. The molecule has 3 rings (SSSR count). The fraction of sp³-hybridized carbons (Fsp3) is 0.591. The molecule has 164 valence electrons. The van der Waals surface area contributed by atoms with E-state index in [1.165, 1.54) is 7.11 Å². The minimum absolute atomic E-state index is 0.0222. The number of hydrogen-bond acceptors (Lipinski definition) is 4. The summed E-state index contributed by atoms with van der Waals surface area (Å²) in [5.74, 6) is 0.737. The van der Waals surface area contributed by atoms with Crippen molar-refractivity contribution in [1.82, 2.24) is 15.1 Å². The predicted molar refractivity (Wildman–Crippen MR) is 114 cm³/mol. The van der Waals surface area contributed by atoms with Gasteiger partial charge in [-0.3, -0.25) is 9.59 Å². The number of ether oxygens (including phenoxy) is 1. The first-order valence-corrected chi connectivity index (χ1v) is 10.6. The Hall–Kier alpha value is -2.77. The summed E-state index contributed by atoms with van der Waals surface area (Å²) in [4.78, 5) is 41.8. The van der Waals surface area contributed by atoms with Gasteiger partial charge in [0.2, 0.25) is 11.8 Å². The molecule has 1 aromatic rings. The molecule has 1 heterocycles.